The lowest BCUT2D eigenvalue weighted by Gasteiger charge is -2.19. The van der Waals surface area contributed by atoms with Crippen molar-refractivity contribution in [3.8, 4) is 0 Å². The predicted octanol–water partition coefficient (Wildman–Crippen LogP) is 4.36. The summed E-state index contributed by atoms with van der Waals surface area (Å²) in [5, 5.41) is 4.03. The van der Waals surface area contributed by atoms with E-state index >= 15 is 0 Å². The lowest BCUT2D eigenvalue weighted by molar-refractivity contribution is 0.0785. The van der Waals surface area contributed by atoms with Gasteiger partial charge in [0.25, 0.3) is 5.91 Å². The second-order valence-corrected chi connectivity index (χ2v) is 5.86. The number of hydrogen-bond acceptors (Lipinski definition) is 3. The Labute approximate surface area is 144 Å². The largest absolute Gasteiger partial charge is 0.373 e. The fraction of sp³-hybridized carbons (Fsp3) is 0.200. The van der Waals surface area contributed by atoms with Crippen molar-refractivity contribution < 1.29 is 4.79 Å². The highest BCUT2D eigenvalue weighted by Gasteiger charge is 2.16. The monoisotopic (exact) mass is 357 g/mol. The predicted molar refractivity (Wildman–Crippen MR) is 91.1 cm³/mol. The molecule has 0 atom stereocenters. The number of anilines is 1. The molecule has 1 aromatic carbocycles. The average molecular weight is 359 g/mol. The van der Waals surface area contributed by atoms with Crippen LogP contribution in [0.4, 0.5) is 5.82 Å². The van der Waals surface area contributed by atoms with Crippen LogP contribution in [-0.2, 0) is 6.54 Å². The molecule has 1 aromatic heterocycles. The van der Waals surface area contributed by atoms with Gasteiger partial charge in [0.1, 0.15) is 11.0 Å². The first-order chi connectivity index (χ1) is 10.4. The molecular weight excluding hydrogens is 345 g/mol. The number of hydrogen-bond donors (Lipinski definition) is 1. The van der Waals surface area contributed by atoms with Crippen LogP contribution in [0.2, 0.25) is 15.2 Å². The fourth-order valence-corrected chi connectivity index (χ4v) is 2.56. The highest BCUT2D eigenvalue weighted by atomic mass is 35.5. The Morgan fingerprint density at radius 1 is 1.27 bits per heavy atom. The van der Waals surface area contributed by atoms with Crippen LogP contribution in [0, 0.1) is 0 Å². The van der Waals surface area contributed by atoms with Gasteiger partial charge in [0.05, 0.1) is 10.0 Å². The highest BCUT2D eigenvalue weighted by molar-refractivity contribution is 6.42. The van der Waals surface area contributed by atoms with Gasteiger partial charge in [-0.2, -0.15) is 0 Å². The minimum absolute atomic E-state index is 0.183. The Balaban J connectivity index is 2.22. The second kappa shape index (κ2) is 7.18. The third-order valence-corrected chi connectivity index (χ3v) is 4.13. The van der Waals surface area contributed by atoms with Crippen molar-refractivity contribution in [3.05, 3.63) is 56.7 Å². The molecule has 0 saturated carbocycles. The van der Waals surface area contributed by atoms with E-state index in [0.717, 1.165) is 5.56 Å². The molecule has 116 valence electrons. The zero-order valence-corrected chi connectivity index (χ0v) is 14.3. The zero-order chi connectivity index (χ0) is 16.3. The van der Waals surface area contributed by atoms with Crippen LogP contribution < -0.4 is 5.32 Å². The third kappa shape index (κ3) is 3.83. The normalized spacial score (nSPS) is 10.4. The van der Waals surface area contributed by atoms with Crippen molar-refractivity contribution in [2.75, 3.05) is 19.4 Å². The van der Waals surface area contributed by atoms with Gasteiger partial charge >= 0.3 is 0 Å². The van der Waals surface area contributed by atoms with E-state index in [1.54, 1.807) is 37.2 Å². The van der Waals surface area contributed by atoms with Gasteiger partial charge in [-0.05, 0) is 23.8 Å². The number of nitrogens with one attached hydrogen (secondary N) is 1. The lowest BCUT2D eigenvalue weighted by Crippen LogP contribution is -2.26. The molecule has 2 aromatic rings. The van der Waals surface area contributed by atoms with Gasteiger partial charge in [-0.1, -0.05) is 46.9 Å². The quantitative estimate of drug-likeness (QED) is 0.826. The van der Waals surface area contributed by atoms with E-state index < -0.39 is 0 Å². The number of pyridine rings is 1. The maximum Gasteiger partial charge on any atom is 0.254 e. The van der Waals surface area contributed by atoms with Crippen molar-refractivity contribution in [1.82, 2.24) is 9.88 Å². The Kier molecular flexibility index (Phi) is 5.51. The molecule has 1 heterocycles. The summed E-state index contributed by atoms with van der Waals surface area (Å²) in [6, 6.07) is 8.50. The molecule has 0 aliphatic rings. The Morgan fingerprint density at radius 3 is 2.68 bits per heavy atom. The molecule has 4 nitrogen and oxygen atoms in total. The first-order valence-corrected chi connectivity index (χ1v) is 7.59. The average Bonchev–Trinajstić information content (AvgIpc) is 2.50. The van der Waals surface area contributed by atoms with Crippen LogP contribution in [-0.4, -0.2) is 29.9 Å². The summed E-state index contributed by atoms with van der Waals surface area (Å²) in [7, 11) is 3.40. The van der Waals surface area contributed by atoms with E-state index in [1.165, 1.54) is 6.07 Å². The van der Waals surface area contributed by atoms with Gasteiger partial charge in [-0.3, -0.25) is 4.79 Å². The molecular formula is C15H14Cl3N3O. The van der Waals surface area contributed by atoms with Gasteiger partial charge in [-0.25, -0.2) is 4.98 Å². The maximum atomic E-state index is 12.5. The van der Waals surface area contributed by atoms with E-state index in [0.29, 0.717) is 28.0 Å². The van der Waals surface area contributed by atoms with E-state index in [9.17, 15) is 4.79 Å². The number of carbonyl (C=O) groups excluding carboxylic acids is 1. The number of halogens is 3. The van der Waals surface area contributed by atoms with Gasteiger partial charge in [0.15, 0.2) is 0 Å². The molecule has 0 aliphatic heterocycles. The molecule has 0 bridgehead atoms. The first-order valence-electron chi connectivity index (χ1n) is 6.46. The second-order valence-electron chi connectivity index (χ2n) is 4.69. The van der Waals surface area contributed by atoms with Crippen molar-refractivity contribution in [1.29, 1.82) is 0 Å². The number of nitrogens with zero attached hydrogens (tertiary/aromatic N) is 2. The summed E-state index contributed by atoms with van der Waals surface area (Å²) in [6.45, 7) is 0.340. The van der Waals surface area contributed by atoms with E-state index in [-0.39, 0.29) is 11.1 Å². The topological polar surface area (TPSA) is 45.2 Å². The first kappa shape index (κ1) is 16.9. The van der Waals surface area contributed by atoms with Crippen molar-refractivity contribution in [2.45, 2.75) is 6.54 Å². The Hall–Kier alpha value is -1.49. The number of amides is 1. The summed E-state index contributed by atoms with van der Waals surface area (Å²) in [4.78, 5) is 18.1. The van der Waals surface area contributed by atoms with Crippen molar-refractivity contribution in [3.63, 3.8) is 0 Å². The standard InChI is InChI=1S/C15H14Cl3N3O/c1-19-13-7-10(6-12(17)20-13)15(22)21(2)8-9-4-3-5-11(16)14(9)18/h3-7H,8H2,1-2H3,(H,19,20). The molecule has 22 heavy (non-hydrogen) atoms. The summed E-state index contributed by atoms with van der Waals surface area (Å²) < 4.78 is 0. The Morgan fingerprint density at radius 2 is 2.00 bits per heavy atom. The molecule has 0 unspecified atom stereocenters. The number of aromatic nitrogens is 1. The van der Waals surface area contributed by atoms with Crippen LogP contribution in [0.15, 0.2) is 30.3 Å². The molecule has 0 saturated heterocycles. The zero-order valence-electron chi connectivity index (χ0n) is 12.0. The number of carbonyl (C=O) groups is 1. The van der Waals surface area contributed by atoms with Crippen LogP contribution in [0.3, 0.4) is 0 Å². The highest BCUT2D eigenvalue weighted by Crippen LogP contribution is 2.26. The molecule has 1 amide bonds. The molecule has 7 heteroatoms. The molecule has 0 aliphatic carbocycles. The fourth-order valence-electron chi connectivity index (χ4n) is 1.97. The van der Waals surface area contributed by atoms with Gasteiger partial charge < -0.3 is 10.2 Å². The maximum absolute atomic E-state index is 12.5. The summed E-state index contributed by atoms with van der Waals surface area (Å²) >= 11 is 18.1. The molecule has 0 fully saturated rings. The lowest BCUT2D eigenvalue weighted by atomic mass is 10.2. The van der Waals surface area contributed by atoms with E-state index in [1.807, 2.05) is 6.07 Å². The van der Waals surface area contributed by atoms with Crippen LogP contribution in [0.5, 0.6) is 0 Å². The number of rotatable bonds is 4. The van der Waals surface area contributed by atoms with Crippen LogP contribution >= 0.6 is 34.8 Å². The van der Waals surface area contributed by atoms with Gasteiger partial charge in [0, 0.05) is 26.2 Å². The molecule has 1 N–H and O–H groups in total. The number of benzene rings is 1. The van der Waals surface area contributed by atoms with Crippen LogP contribution in [0.1, 0.15) is 15.9 Å². The SMILES string of the molecule is CNc1cc(C(=O)N(C)Cc2cccc(Cl)c2Cl)cc(Cl)n1. The smallest absolute Gasteiger partial charge is 0.254 e. The molecule has 2 rings (SSSR count). The van der Waals surface area contributed by atoms with E-state index in [2.05, 4.69) is 10.3 Å². The van der Waals surface area contributed by atoms with Crippen LogP contribution in [0.25, 0.3) is 0 Å². The Bertz CT molecular complexity index is 706. The summed E-state index contributed by atoms with van der Waals surface area (Å²) in [5.74, 6) is 0.349. The summed E-state index contributed by atoms with van der Waals surface area (Å²) in [6.07, 6.45) is 0. The van der Waals surface area contributed by atoms with E-state index in [4.69, 9.17) is 34.8 Å². The minimum Gasteiger partial charge on any atom is -0.373 e. The molecule has 0 spiro atoms. The molecule has 0 radical (unpaired) electrons. The van der Waals surface area contributed by atoms with Crippen molar-refractivity contribution >= 4 is 46.5 Å². The summed E-state index contributed by atoms with van der Waals surface area (Å²) in [5.41, 5.74) is 1.23. The van der Waals surface area contributed by atoms with Crippen molar-refractivity contribution in [2.24, 2.45) is 0 Å². The van der Waals surface area contributed by atoms with Gasteiger partial charge in [-0.15, -0.1) is 0 Å². The van der Waals surface area contributed by atoms with Gasteiger partial charge in [0.2, 0.25) is 0 Å². The minimum atomic E-state index is -0.183. The third-order valence-electron chi connectivity index (χ3n) is 3.08.